The van der Waals surface area contributed by atoms with Crippen molar-refractivity contribution in [3.8, 4) is 0 Å². The van der Waals surface area contributed by atoms with E-state index in [9.17, 15) is 9.59 Å². The summed E-state index contributed by atoms with van der Waals surface area (Å²) in [4.78, 5) is 29.2. The number of ether oxygens (including phenoxy) is 1. The molecule has 2 fully saturated rings. The van der Waals surface area contributed by atoms with Gasteiger partial charge in [-0.25, -0.2) is 4.79 Å². The zero-order valence-electron chi connectivity index (χ0n) is 15.9. The summed E-state index contributed by atoms with van der Waals surface area (Å²) in [6, 6.07) is 7.96. The summed E-state index contributed by atoms with van der Waals surface area (Å²) in [5, 5.41) is 3.29. The minimum atomic E-state index is -0.423. The number of hydrogen-bond acceptors (Lipinski definition) is 5. The molecule has 0 spiro atoms. The molecule has 4 rings (SSSR count). The van der Waals surface area contributed by atoms with E-state index in [1.165, 1.54) is 18.5 Å². The summed E-state index contributed by atoms with van der Waals surface area (Å²) in [5.74, 6) is -0.300. The van der Waals surface area contributed by atoms with Gasteiger partial charge in [0.2, 0.25) is 0 Å². The van der Waals surface area contributed by atoms with Gasteiger partial charge in [-0.3, -0.25) is 9.69 Å². The van der Waals surface area contributed by atoms with Crippen molar-refractivity contribution in [3.63, 3.8) is 0 Å². The predicted octanol–water partition coefficient (Wildman–Crippen LogP) is 3.55. The zero-order valence-corrected chi connectivity index (χ0v) is 17.5. The van der Waals surface area contributed by atoms with Gasteiger partial charge in [-0.05, 0) is 43.2 Å². The molecule has 0 radical (unpaired) electrons. The Morgan fingerprint density at radius 2 is 1.90 bits per heavy atom. The quantitative estimate of drug-likeness (QED) is 0.722. The molecule has 1 aromatic carbocycles. The molecule has 1 aliphatic carbocycles. The molecule has 3 aliphatic rings. The van der Waals surface area contributed by atoms with Gasteiger partial charge in [0.15, 0.2) is 0 Å². The van der Waals surface area contributed by atoms with Gasteiger partial charge >= 0.3 is 6.09 Å². The van der Waals surface area contributed by atoms with E-state index >= 15 is 0 Å². The third-order valence-corrected chi connectivity index (χ3v) is 5.96. The van der Waals surface area contributed by atoms with Crippen molar-refractivity contribution in [2.45, 2.75) is 25.4 Å². The van der Waals surface area contributed by atoms with Gasteiger partial charge in [-0.1, -0.05) is 29.9 Å². The largest absolute Gasteiger partial charge is 0.442 e. The second-order valence-corrected chi connectivity index (χ2v) is 8.24. The Bertz CT molecular complexity index is 891. The highest BCUT2D eigenvalue weighted by molar-refractivity contribution is 7.81. The molecule has 152 valence electrons. The number of nitrogens with zero attached hydrogens (tertiary/aromatic N) is 2. The van der Waals surface area contributed by atoms with Crippen molar-refractivity contribution >= 4 is 52.1 Å². The van der Waals surface area contributed by atoms with Crippen LogP contribution in [0.15, 0.2) is 47.0 Å². The molecule has 0 bridgehead atoms. The van der Waals surface area contributed by atoms with Crippen LogP contribution in [0.3, 0.4) is 0 Å². The van der Waals surface area contributed by atoms with Gasteiger partial charge in [0.05, 0.1) is 18.7 Å². The number of carbonyl (C=O) groups excluding carboxylic acids is 2. The Morgan fingerprint density at radius 1 is 1.21 bits per heavy atom. The molecule has 2 heterocycles. The third kappa shape index (κ3) is 4.46. The van der Waals surface area contributed by atoms with E-state index in [0.29, 0.717) is 28.4 Å². The Hall–Kier alpha value is -2.38. The Balaban J connectivity index is 1.34. The van der Waals surface area contributed by atoms with E-state index < -0.39 is 12.2 Å². The molecule has 1 aromatic rings. The number of benzene rings is 1. The van der Waals surface area contributed by atoms with Crippen molar-refractivity contribution in [3.05, 3.63) is 47.0 Å². The number of amides is 2. The highest BCUT2D eigenvalue weighted by atomic mass is 35.5. The Kier molecular flexibility index (Phi) is 5.87. The smallest absolute Gasteiger partial charge is 0.414 e. The summed E-state index contributed by atoms with van der Waals surface area (Å²) in [6.45, 7) is 2.75. The Morgan fingerprint density at radius 3 is 2.62 bits per heavy atom. The van der Waals surface area contributed by atoms with Crippen molar-refractivity contribution < 1.29 is 14.3 Å². The van der Waals surface area contributed by atoms with Crippen molar-refractivity contribution in [1.29, 1.82) is 0 Å². The first-order chi connectivity index (χ1) is 14.0. The lowest BCUT2D eigenvalue weighted by atomic mass is 10.0. The molecule has 6 nitrogen and oxygen atoms in total. The van der Waals surface area contributed by atoms with E-state index in [2.05, 4.69) is 10.2 Å². The van der Waals surface area contributed by atoms with Crippen LogP contribution in [-0.4, -0.2) is 49.1 Å². The average molecular weight is 432 g/mol. The van der Waals surface area contributed by atoms with Gasteiger partial charge in [-0.2, -0.15) is 0 Å². The number of thiocarbonyl (C=S) groups is 1. The van der Waals surface area contributed by atoms with E-state index in [0.717, 1.165) is 18.8 Å². The van der Waals surface area contributed by atoms with Crippen LogP contribution in [0.25, 0.3) is 0 Å². The molecule has 0 unspecified atom stereocenters. The third-order valence-electron chi connectivity index (χ3n) is 5.31. The second-order valence-electron chi connectivity index (χ2n) is 7.31. The maximum Gasteiger partial charge on any atom is 0.414 e. The molecule has 2 saturated heterocycles. The maximum absolute atomic E-state index is 12.4. The average Bonchev–Trinajstić information content (AvgIpc) is 3.38. The van der Waals surface area contributed by atoms with Crippen LogP contribution in [0, 0.1) is 0 Å². The standard InChI is InChI=1S/C21H22ClN3O3S/c22-14-3-8-19(29)18(11-14)20(26)23-12-17-13-25(21(27)28-17)16-6-4-15(5-7-16)24-9-1-2-10-24/h3-7,11,17H,1-2,8-10,12-13H2,(H,23,26)/t17-/m0/s1. The summed E-state index contributed by atoms with van der Waals surface area (Å²) >= 11 is 11.2. The molecule has 1 atom stereocenters. The van der Waals surface area contributed by atoms with Gasteiger partial charge < -0.3 is 15.0 Å². The predicted molar refractivity (Wildman–Crippen MR) is 118 cm³/mol. The Labute approximate surface area is 180 Å². The van der Waals surface area contributed by atoms with Crippen LogP contribution >= 0.6 is 23.8 Å². The number of nitrogens with one attached hydrogen (secondary N) is 1. The fourth-order valence-electron chi connectivity index (χ4n) is 3.73. The number of hydrogen-bond donors (Lipinski definition) is 1. The molecular weight excluding hydrogens is 410 g/mol. The van der Waals surface area contributed by atoms with Crippen molar-refractivity contribution in [2.75, 3.05) is 36.0 Å². The van der Waals surface area contributed by atoms with Gasteiger partial charge in [0.25, 0.3) is 5.91 Å². The van der Waals surface area contributed by atoms with Crippen LogP contribution < -0.4 is 15.1 Å². The molecular formula is C21H22ClN3O3S. The van der Waals surface area contributed by atoms with Gasteiger partial charge in [-0.15, -0.1) is 0 Å². The summed E-state index contributed by atoms with van der Waals surface area (Å²) in [6.07, 6.45) is 5.43. The topological polar surface area (TPSA) is 61.9 Å². The van der Waals surface area contributed by atoms with Crippen LogP contribution in [-0.2, 0) is 9.53 Å². The van der Waals surface area contributed by atoms with Crippen molar-refractivity contribution in [1.82, 2.24) is 5.32 Å². The number of allylic oxidation sites excluding steroid dienone is 3. The summed E-state index contributed by atoms with van der Waals surface area (Å²) < 4.78 is 5.42. The van der Waals surface area contributed by atoms with E-state index in [-0.39, 0.29) is 12.5 Å². The first-order valence-corrected chi connectivity index (χ1v) is 10.5. The fraction of sp³-hybridized carbons (Fsp3) is 0.381. The number of carbonyl (C=O) groups is 2. The maximum atomic E-state index is 12.4. The second kappa shape index (κ2) is 8.55. The van der Waals surface area contributed by atoms with E-state index in [4.69, 9.17) is 28.6 Å². The number of anilines is 2. The van der Waals surface area contributed by atoms with Crippen LogP contribution in [0.1, 0.15) is 19.3 Å². The minimum absolute atomic E-state index is 0.216. The van der Waals surface area contributed by atoms with E-state index in [1.54, 1.807) is 17.1 Å². The lowest BCUT2D eigenvalue weighted by Crippen LogP contribution is -2.36. The SMILES string of the molecule is O=C(NC[C@H]1CN(c2ccc(N3CCCC3)cc2)C(=O)O1)C1=CC(Cl)=CCC1=S. The van der Waals surface area contributed by atoms with Gasteiger partial charge in [0, 0.05) is 40.8 Å². The number of halogens is 1. The molecule has 0 aromatic heterocycles. The van der Waals surface area contributed by atoms with Crippen molar-refractivity contribution in [2.24, 2.45) is 0 Å². The number of cyclic esters (lactones) is 1. The normalized spacial score (nSPS) is 21.8. The zero-order chi connectivity index (χ0) is 20.4. The van der Waals surface area contributed by atoms with Crippen LogP contribution in [0.2, 0.25) is 0 Å². The molecule has 8 heteroatoms. The fourth-order valence-corrected chi connectivity index (χ4v) is 4.15. The monoisotopic (exact) mass is 431 g/mol. The van der Waals surface area contributed by atoms with Crippen LogP contribution in [0.5, 0.6) is 0 Å². The summed E-state index contributed by atoms with van der Waals surface area (Å²) in [5.41, 5.74) is 2.36. The lowest BCUT2D eigenvalue weighted by molar-refractivity contribution is -0.117. The first kappa shape index (κ1) is 19.9. The van der Waals surface area contributed by atoms with Crippen LogP contribution in [0.4, 0.5) is 16.2 Å². The minimum Gasteiger partial charge on any atom is -0.442 e. The lowest BCUT2D eigenvalue weighted by Gasteiger charge is -2.19. The number of rotatable bonds is 5. The molecule has 29 heavy (non-hydrogen) atoms. The highest BCUT2D eigenvalue weighted by Gasteiger charge is 2.33. The molecule has 1 N–H and O–H groups in total. The highest BCUT2D eigenvalue weighted by Crippen LogP contribution is 2.26. The molecule has 2 amide bonds. The first-order valence-electron chi connectivity index (χ1n) is 9.73. The summed E-state index contributed by atoms with van der Waals surface area (Å²) in [7, 11) is 0. The van der Waals surface area contributed by atoms with E-state index in [1.807, 2.05) is 24.3 Å². The molecule has 2 aliphatic heterocycles. The molecule has 0 saturated carbocycles. The van der Waals surface area contributed by atoms with Gasteiger partial charge in [0.1, 0.15) is 6.10 Å².